The van der Waals surface area contributed by atoms with E-state index in [2.05, 4.69) is 64.5 Å². The normalized spacial score (nSPS) is 29.0. The molecular weight excluding hydrogens is 799 g/mol. The first-order chi connectivity index (χ1) is 27.3. The highest BCUT2D eigenvalue weighted by Gasteiger charge is 2.58. The molecule has 1 aromatic heterocycles. The van der Waals surface area contributed by atoms with Crippen LogP contribution in [0.4, 0.5) is 14.7 Å². The second-order valence-electron chi connectivity index (χ2n) is 21.7. The average Bonchev–Trinajstić information content (AvgIpc) is 3.36. The summed E-state index contributed by atoms with van der Waals surface area (Å²) in [5.41, 5.74) is -1.60. The van der Waals surface area contributed by atoms with Gasteiger partial charge in [-0.2, -0.15) is 4.90 Å². The van der Waals surface area contributed by atoms with Gasteiger partial charge in [-0.15, -0.1) is 11.3 Å². The van der Waals surface area contributed by atoms with E-state index in [9.17, 15) is 19.2 Å². The molecule has 0 bridgehead atoms. The quantitative estimate of drug-likeness (QED) is 0.107. The van der Waals surface area contributed by atoms with Gasteiger partial charge in [-0.25, -0.2) is 14.6 Å². The van der Waals surface area contributed by atoms with Crippen LogP contribution in [0.15, 0.2) is 11.0 Å². The zero-order valence-corrected chi connectivity index (χ0v) is 42.3. The number of amides is 2. The lowest BCUT2D eigenvalue weighted by Crippen LogP contribution is -2.45. The van der Waals surface area contributed by atoms with E-state index >= 15 is 0 Å². The van der Waals surface area contributed by atoms with Gasteiger partial charge in [0.2, 0.25) is 5.13 Å². The largest absolute Gasteiger partial charge is 0.458 e. The number of aromatic nitrogens is 1. The second-order valence-corrected chi connectivity index (χ2v) is 27.3. The molecule has 0 aliphatic carbocycles. The van der Waals surface area contributed by atoms with Crippen molar-refractivity contribution >= 4 is 54.8 Å². The predicted molar refractivity (Wildman–Crippen MR) is 243 cm³/mol. The van der Waals surface area contributed by atoms with Crippen molar-refractivity contribution in [3.63, 3.8) is 0 Å². The molecule has 60 heavy (non-hydrogen) atoms. The summed E-state index contributed by atoms with van der Waals surface area (Å²) in [7, 11) is -0.435. The molecule has 0 aromatic carbocycles. The van der Waals surface area contributed by atoms with E-state index < -0.39 is 55.3 Å². The van der Waals surface area contributed by atoms with E-state index in [4.69, 9.17) is 23.4 Å². The number of methoxy groups -OCH3 is 1. The standard InChI is InChI=1S/C46H79N3O9SSi/c1-29-21-20-22-46(16)35(48(46)23-24-55-60(18,19)44(11,12)13)26-34(56-37(50)27-36(54-17)45(14,15)38(51)32(4)31(29)3)30(2)25-33-28-59-39(47-33)49(40(52)57-42(5,6)7)41(53)58-43(8,9)10/h25,28-29,31-32,34-36H,20-24,26-27H2,1-19H3/b30-25+/t29-,31-,32+,34-,35-,36-,46+,48?/m0/s1. The summed E-state index contributed by atoms with van der Waals surface area (Å²) in [6.07, 6.45) is 2.08. The zero-order valence-electron chi connectivity index (χ0n) is 40.5. The summed E-state index contributed by atoms with van der Waals surface area (Å²) in [5.74, 6) is -0.106. The first-order valence-corrected chi connectivity index (χ1v) is 25.6. The predicted octanol–water partition coefficient (Wildman–Crippen LogP) is 11.1. The van der Waals surface area contributed by atoms with Gasteiger partial charge >= 0.3 is 18.2 Å². The number of hydrogen-bond acceptors (Lipinski definition) is 12. The van der Waals surface area contributed by atoms with E-state index in [0.717, 1.165) is 47.6 Å². The van der Waals surface area contributed by atoms with Crippen molar-refractivity contribution in [1.82, 2.24) is 9.88 Å². The smallest absolute Gasteiger partial charge is 0.426 e. The molecule has 0 N–H and O–H groups in total. The summed E-state index contributed by atoms with van der Waals surface area (Å²) < 4.78 is 30.1. The number of nitrogens with zero attached hydrogens (tertiary/aromatic N) is 3. The van der Waals surface area contributed by atoms with Crippen molar-refractivity contribution < 1.29 is 42.6 Å². The van der Waals surface area contributed by atoms with Crippen LogP contribution in [0.2, 0.25) is 18.1 Å². The highest BCUT2D eigenvalue weighted by atomic mass is 32.1. The number of carbonyl (C=O) groups is 4. The minimum atomic E-state index is -1.98. The van der Waals surface area contributed by atoms with E-state index in [1.54, 1.807) is 54.0 Å². The molecule has 3 heterocycles. The van der Waals surface area contributed by atoms with Crippen molar-refractivity contribution in [1.29, 1.82) is 0 Å². The van der Waals surface area contributed by atoms with Crippen LogP contribution in [-0.4, -0.2) is 97.4 Å². The molecule has 2 amide bonds. The maximum Gasteiger partial charge on any atom is 0.426 e. The third-order valence-electron chi connectivity index (χ3n) is 13.3. The molecule has 0 radical (unpaired) electrons. The number of imide groups is 1. The lowest BCUT2D eigenvalue weighted by molar-refractivity contribution is -0.155. The van der Waals surface area contributed by atoms with Crippen molar-refractivity contribution in [2.75, 3.05) is 25.2 Å². The Kier molecular flexibility index (Phi) is 16.7. The first-order valence-electron chi connectivity index (χ1n) is 21.8. The van der Waals surface area contributed by atoms with E-state index in [1.807, 2.05) is 33.8 Å². The third kappa shape index (κ3) is 13.2. The van der Waals surface area contributed by atoms with Crippen molar-refractivity contribution in [2.24, 2.45) is 23.2 Å². The fourth-order valence-electron chi connectivity index (χ4n) is 7.96. The average molecular weight is 878 g/mol. The maximum absolute atomic E-state index is 14.1. The van der Waals surface area contributed by atoms with Gasteiger partial charge in [0.1, 0.15) is 23.1 Å². The van der Waals surface area contributed by atoms with Gasteiger partial charge in [-0.1, -0.05) is 68.2 Å². The van der Waals surface area contributed by atoms with Gasteiger partial charge in [-0.05, 0) is 103 Å². The first kappa shape index (κ1) is 51.7. The van der Waals surface area contributed by atoms with Gasteiger partial charge in [0.05, 0.1) is 23.6 Å². The van der Waals surface area contributed by atoms with Crippen LogP contribution in [0.5, 0.6) is 0 Å². The number of rotatable bonds is 8. The number of fused-ring (bicyclic) bond motifs is 1. The van der Waals surface area contributed by atoms with Gasteiger partial charge in [0.15, 0.2) is 8.32 Å². The summed E-state index contributed by atoms with van der Waals surface area (Å²) in [4.78, 5) is 62.9. The number of Topliss-reactive ketones (excluding diaryl/α,β-unsaturated/α-hetero) is 1. The van der Waals surface area contributed by atoms with Crippen LogP contribution in [0.1, 0.15) is 149 Å². The van der Waals surface area contributed by atoms with Gasteiger partial charge < -0.3 is 23.4 Å². The maximum atomic E-state index is 14.1. The molecule has 342 valence electrons. The van der Waals surface area contributed by atoms with Gasteiger partial charge in [0, 0.05) is 49.6 Å². The van der Waals surface area contributed by atoms with Crippen LogP contribution in [0.3, 0.4) is 0 Å². The number of cyclic esters (lactones) is 1. The monoisotopic (exact) mass is 878 g/mol. The van der Waals surface area contributed by atoms with Crippen LogP contribution >= 0.6 is 11.3 Å². The molecule has 2 aliphatic heterocycles. The number of hydrogen-bond donors (Lipinski definition) is 0. The molecule has 1 unspecified atom stereocenters. The zero-order chi connectivity index (χ0) is 46.0. The Morgan fingerprint density at radius 1 is 1.00 bits per heavy atom. The molecule has 2 fully saturated rings. The van der Waals surface area contributed by atoms with Gasteiger partial charge in [0.25, 0.3) is 0 Å². The minimum Gasteiger partial charge on any atom is -0.458 e. The van der Waals surface area contributed by atoms with E-state index in [1.165, 1.54) is 0 Å². The molecule has 0 saturated carbocycles. The molecule has 2 aliphatic rings. The molecule has 0 spiro atoms. The Bertz CT molecular complexity index is 1680. The van der Waals surface area contributed by atoms with Gasteiger partial charge in [-0.3, -0.25) is 14.5 Å². The molecule has 1 aromatic rings. The third-order valence-corrected chi connectivity index (χ3v) is 18.6. The molecule has 2 saturated heterocycles. The van der Waals surface area contributed by atoms with E-state index in [-0.39, 0.29) is 45.8 Å². The lowest BCUT2D eigenvalue weighted by Gasteiger charge is -2.36. The SMILES string of the molecule is CO[C@H]1CC(=O)O[C@H](/C(C)=C/c2csc(N(C(=O)OC(C)(C)C)C(=O)OC(C)(C)C)n2)C[C@@H]2N(CCO[Si](C)(C)C(C)(C)C)[C@]2(C)CCC[C@H](C)[C@H](C)[C@@H](C)C(=O)C1(C)C. The molecule has 3 rings (SSSR count). The number of ether oxygens (including phenoxy) is 4. The summed E-state index contributed by atoms with van der Waals surface area (Å²) in [6, 6.07) is 0.110. The summed E-state index contributed by atoms with van der Waals surface area (Å²) >= 11 is 1.10. The van der Waals surface area contributed by atoms with Crippen LogP contribution in [0.25, 0.3) is 6.08 Å². The number of ketones is 1. The summed E-state index contributed by atoms with van der Waals surface area (Å²) in [6.45, 7) is 37.4. The Morgan fingerprint density at radius 2 is 1.57 bits per heavy atom. The van der Waals surface area contributed by atoms with Crippen molar-refractivity contribution in [3.8, 4) is 0 Å². The highest BCUT2D eigenvalue weighted by Crippen LogP contribution is 2.49. The lowest BCUT2D eigenvalue weighted by atomic mass is 9.70. The Morgan fingerprint density at radius 3 is 2.08 bits per heavy atom. The Hall–Kier alpha value is -2.65. The summed E-state index contributed by atoms with van der Waals surface area (Å²) in [5, 5.41) is 1.91. The number of anilines is 1. The Labute approximate surface area is 367 Å². The number of esters is 1. The fraction of sp³-hybridized carbons (Fsp3) is 0.804. The van der Waals surface area contributed by atoms with Crippen molar-refractivity contribution in [2.45, 2.75) is 196 Å². The van der Waals surface area contributed by atoms with Crippen molar-refractivity contribution in [3.05, 3.63) is 16.6 Å². The molecule has 14 heteroatoms. The van der Waals surface area contributed by atoms with E-state index in [0.29, 0.717) is 24.6 Å². The van der Waals surface area contributed by atoms with Crippen LogP contribution < -0.4 is 4.90 Å². The second kappa shape index (κ2) is 19.4. The van der Waals surface area contributed by atoms with Crippen LogP contribution in [-0.2, 0) is 33.0 Å². The number of carbonyl (C=O) groups excluding carboxylic acids is 4. The molecule has 12 nitrogen and oxygen atoms in total. The number of thiazole rings is 1. The fourth-order valence-corrected chi connectivity index (χ4v) is 9.75. The minimum absolute atomic E-state index is 0.0782. The Balaban J connectivity index is 2.07. The molecular formula is C46H79N3O9SSi. The highest BCUT2D eigenvalue weighted by molar-refractivity contribution is 7.14. The topological polar surface area (TPSA) is 134 Å². The molecule has 8 atom stereocenters. The van der Waals surface area contributed by atoms with Crippen LogP contribution in [0, 0.1) is 23.2 Å².